The topological polar surface area (TPSA) is 71.0 Å². The number of pyridine rings is 1. The number of likely N-dealkylation sites (tertiary alicyclic amines) is 1. The van der Waals surface area contributed by atoms with Crippen molar-refractivity contribution in [2.75, 3.05) is 46.5 Å². The average molecular weight is 392 g/mol. The predicted molar refractivity (Wildman–Crippen MR) is 114 cm³/mol. The fraction of sp³-hybridized carbons (Fsp3) is 0.714. The Bertz CT molecular complexity index is 582. The fourth-order valence-electron chi connectivity index (χ4n) is 3.54. The molecule has 0 aromatic carbocycles. The Hall–Kier alpha value is -1.86. The van der Waals surface area contributed by atoms with E-state index >= 15 is 0 Å². The molecule has 0 bridgehead atoms. The zero-order chi connectivity index (χ0) is 20.0. The first-order valence-electron chi connectivity index (χ1n) is 10.6. The van der Waals surface area contributed by atoms with Crippen LogP contribution in [0.3, 0.4) is 0 Å². The van der Waals surface area contributed by atoms with Gasteiger partial charge >= 0.3 is 0 Å². The molecule has 1 aliphatic heterocycles. The van der Waals surface area contributed by atoms with E-state index in [0.717, 1.165) is 37.2 Å². The van der Waals surface area contributed by atoms with Crippen LogP contribution >= 0.6 is 0 Å². The second-order valence-corrected chi connectivity index (χ2v) is 7.02. The van der Waals surface area contributed by atoms with E-state index in [1.54, 1.807) is 13.3 Å². The lowest BCUT2D eigenvalue weighted by molar-refractivity contribution is 0.143. The zero-order valence-corrected chi connectivity index (χ0v) is 17.7. The molecule has 2 N–H and O–H groups in total. The van der Waals surface area contributed by atoms with Crippen molar-refractivity contribution < 1.29 is 9.47 Å². The van der Waals surface area contributed by atoms with E-state index in [2.05, 4.69) is 34.4 Å². The first kappa shape index (κ1) is 22.4. The largest absolute Gasteiger partial charge is 0.475 e. The van der Waals surface area contributed by atoms with Crippen molar-refractivity contribution in [2.24, 2.45) is 4.99 Å². The Balaban J connectivity index is 1.88. The summed E-state index contributed by atoms with van der Waals surface area (Å²) in [5, 5.41) is 6.80. The van der Waals surface area contributed by atoms with Gasteiger partial charge in [-0.05, 0) is 38.8 Å². The molecular formula is C21H37N5O2. The number of hydrogen-bond donors (Lipinski definition) is 2. The quantitative estimate of drug-likeness (QED) is 0.343. The maximum Gasteiger partial charge on any atom is 0.218 e. The number of nitrogens with zero attached hydrogens (tertiary/aromatic N) is 3. The molecule has 28 heavy (non-hydrogen) atoms. The molecule has 2 rings (SSSR count). The van der Waals surface area contributed by atoms with E-state index in [9.17, 15) is 0 Å². The molecule has 0 amide bonds. The van der Waals surface area contributed by atoms with E-state index in [-0.39, 0.29) is 0 Å². The third-order valence-electron chi connectivity index (χ3n) is 5.04. The van der Waals surface area contributed by atoms with Gasteiger partial charge in [-0.25, -0.2) is 9.98 Å². The summed E-state index contributed by atoms with van der Waals surface area (Å²) in [7, 11) is 1.66. The number of guanidine groups is 1. The molecule has 1 saturated heterocycles. The Morgan fingerprint density at radius 2 is 2.18 bits per heavy atom. The van der Waals surface area contributed by atoms with Crippen LogP contribution in [0.1, 0.15) is 45.1 Å². The SMILES string of the molecule is CCNC(=NCc1cccnc1OCCOC)NCCN1CCCCC1CC. The van der Waals surface area contributed by atoms with Crippen molar-refractivity contribution in [2.45, 2.75) is 52.1 Å². The lowest BCUT2D eigenvalue weighted by Crippen LogP contribution is -2.45. The average Bonchev–Trinajstić information content (AvgIpc) is 2.73. The van der Waals surface area contributed by atoms with Crippen LogP contribution in [0.25, 0.3) is 0 Å². The number of aliphatic imine (C=N–C) groups is 1. The maximum absolute atomic E-state index is 5.70. The number of rotatable bonds is 11. The third-order valence-corrected chi connectivity index (χ3v) is 5.04. The Kier molecular flexibility index (Phi) is 10.7. The minimum absolute atomic E-state index is 0.483. The van der Waals surface area contributed by atoms with E-state index < -0.39 is 0 Å². The summed E-state index contributed by atoms with van der Waals surface area (Å²) in [6, 6.07) is 4.65. The minimum Gasteiger partial charge on any atom is -0.475 e. The van der Waals surface area contributed by atoms with Gasteiger partial charge in [0, 0.05) is 44.5 Å². The lowest BCUT2D eigenvalue weighted by atomic mass is 10.0. The number of ether oxygens (including phenoxy) is 2. The molecule has 7 heteroatoms. The first-order valence-corrected chi connectivity index (χ1v) is 10.6. The van der Waals surface area contributed by atoms with Crippen molar-refractivity contribution in [1.82, 2.24) is 20.5 Å². The second kappa shape index (κ2) is 13.3. The zero-order valence-electron chi connectivity index (χ0n) is 17.7. The van der Waals surface area contributed by atoms with E-state index in [1.165, 1.54) is 32.2 Å². The molecule has 1 unspecified atom stereocenters. The third kappa shape index (κ3) is 7.64. The van der Waals surface area contributed by atoms with Crippen LogP contribution in [0.4, 0.5) is 0 Å². The summed E-state index contributed by atoms with van der Waals surface area (Å²) in [6.07, 6.45) is 6.99. The first-order chi connectivity index (χ1) is 13.8. The van der Waals surface area contributed by atoms with Gasteiger partial charge < -0.3 is 20.1 Å². The highest BCUT2D eigenvalue weighted by molar-refractivity contribution is 5.79. The van der Waals surface area contributed by atoms with Gasteiger partial charge in [-0.15, -0.1) is 0 Å². The van der Waals surface area contributed by atoms with Crippen LogP contribution in [0, 0.1) is 0 Å². The summed E-state index contributed by atoms with van der Waals surface area (Å²) in [4.78, 5) is 11.7. The highest BCUT2D eigenvalue weighted by atomic mass is 16.5. The number of methoxy groups -OCH3 is 1. The van der Waals surface area contributed by atoms with Crippen LogP contribution in [-0.4, -0.2) is 68.4 Å². The number of hydrogen-bond acceptors (Lipinski definition) is 5. The highest BCUT2D eigenvalue weighted by Crippen LogP contribution is 2.18. The van der Waals surface area contributed by atoms with Crippen molar-refractivity contribution in [1.29, 1.82) is 0 Å². The molecule has 2 heterocycles. The number of piperidine rings is 1. The van der Waals surface area contributed by atoms with Crippen LogP contribution in [0.15, 0.2) is 23.3 Å². The lowest BCUT2D eigenvalue weighted by Gasteiger charge is -2.35. The molecule has 0 aliphatic carbocycles. The Morgan fingerprint density at radius 3 is 2.96 bits per heavy atom. The van der Waals surface area contributed by atoms with Gasteiger partial charge in [0.25, 0.3) is 0 Å². The van der Waals surface area contributed by atoms with Gasteiger partial charge in [0.05, 0.1) is 13.2 Å². The van der Waals surface area contributed by atoms with Gasteiger partial charge in [-0.3, -0.25) is 4.90 Å². The molecule has 0 radical (unpaired) electrons. The molecule has 7 nitrogen and oxygen atoms in total. The summed E-state index contributed by atoms with van der Waals surface area (Å²) in [5.74, 6) is 1.46. The monoisotopic (exact) mass is 391 g/mol. The number of aromatic nitrogens is 1. The Labute approximate surface area is 169 Å². The summed E-state index contributed by atoms with van der Waals surface area (Å²) in [6.45, 7) is 9.92. The molecule has 1 fully saturated rings. The van der Waals surface area contributed by atoms with Crippen LogP contribution < -0.4 is 15.4 Å². The van der Waals surface area contributed by atoms with Crippen LogP contribution in [0.2, 0.25) is 0 Å². The number of nitrogens with one attached hydrogen (secondary N) is 2. The van der Waals surface area contributed by atoms with Gasteiger partial charge in [-0.1, -0.05) is 19.4 Å². The smallest absolute Gasteiger partial charge is 0.218 e. The standard InChI is InChI=1S/C21H37N5O2/c1-4-19-10-6-7-13-26(19)14-12-24-21(22-5-2)25-17-18-9-8-11-23-20(18)28-16-15-27-3/h8-9,11,19H,4-7,10,12-17H2,1-3H3,(H2,22,24,25). The molecule has 0 saturated carbocycles. The second-order valence-electron chi connectivity index (χ2n) is 7.02. The van der Waals surface area contributed by atoms with Crippen molar-refractivity contribution in [3.05, 3.63) is 23.9 Å². The van der Waals surface area contributed by atoms with Gasteiger partial charge in [0.2, 0.25) is 5.88 Å². The Morgan fingerprint density at radius 1 is 1.29 bits per heavy atom. The molecule has 1 aromatic rings. The molecule has 0 spiro atoms. The van der Waals surface area contributed by atoms with E-state index in [1.807, 2.05) is 12.1 Å². The predicted octanol–water partition coefficient (Wildman–Crippen LogP) is 2.43. The maximum atomic E-state index is 5.70. The van der Waals surface area contributed by atoms with Crippen LogP contribution in [-0.2, 0) is 11.3 Å². The van der Waals surface area contributed by atoms with E-state index in [4.69, 9.17) is 14.5 Å². The summed E-state index contributed by atoms with van der Waals surface area (Å²) >= 11 is 0. The normalized spacial score (nSPS) is 18.1. The van der Waals surface area contributed by atoms with Crippen molar-refractivity contribution in [3.63, 3.8) is 0 Å². The van der Waals surface area contributed by atoms with Crippen molar-refractivity contribution in [3.8, 4) is 5.88 Å². The minimum atomic E-state index is 0.483. The molecule has 1 aromatic heterocycles. The summed E-state index contributed by atoms with van der Waals surface area (Å²) < 4.78 is 10.7. The van der Waals surface area contributed by atoms with Gasteiger partial charge in [0.1, 0.15) is 6.61 Å². The van der Waals surface area contributed by atoms with E-state index in [0.29, 0.717) is 25.6 Å². The molecular weight excluding hydrogens is 354 g/mol. The van der Waals surface area contributed by atoms with Crippen LogP contribution in [0.5, 0.6) is 5.88 Å². The summed E-state index contributed by atoms with van der Waals surface area (Å²) in [5.41, 5.74) is 0.970. The molecule has 1 atom stereocenters. The highest BCUT2D eigenvalue weighted by Gasteiger charge is 2.19. The fourth-order valence-corrected chi connectivity index (χ4v) is 3.54. The van der Waals surface area contributed by atoms with Gasteiger partial charge in [0.15, 0.2) is 5.96 Å². The molecule has 158 valence electrons. The van der Waals surface area contributed by atoms with Crippen molar-refractivity contribution >= 4 is 5.96 Å². The molecule has 1 aliphatic rings. The van der Waals surface area contributed by atoms with Gasteiger partial charge in [-0.2, -0.15) is 0 Å².